The Labute approximate surface area is 271 Å². The molecule has 1 spiro atoms. The molecule has 5 rings (SSSR count). The van der Waals surface area contributed by atoms with Crippen LogP contribution in [-0.4, -0.2) is 59.2 Å². The highest BCUT2D eigenvalue weighted by molar-refractivity contribution is 6.46. The molecular weight excluding hydrogens is 585 g/mol. The van der Waals surface area contributed by atoms with Gasteiger partial charge in [-0.2, -0.15) is 5.11 Å². The van der Waals surface area contributed by atoms with Gasteiger partial charge in [-0.3, -0.25) is 14.6 Å². The number of amides is 2. The zero-order valence-electron chi connectivity index (χ0n) is 28.1. The van der Waals surface area contributed by atoms with Gasteiger partial charge in [0, 0.05) is 17.3 Å². The fraction of sp³-hybridized carbons (Fsp3) is 0.571. The number of pyridine rings is 1. The number of amidine groups is 1. The van der Waals surface area contributed by atoms with E-state index in [4.69, 9.17) is 9.73 Å². The predicted molar refractivity (Wildman–Crippen MR) is 176 cm³/mol. The van der Waals surface area contributed by atoms with Gasteiger partial charge in [-0.1, -0.05) is 53.7 Å². The first-order valence-electron chi connectivity index (χ1n) is 16.1. The van der Waals surface area contributed by atoms with Gasteiger partial charge in [0.1, 0.15) is 11.4 Å². The minimum atomic E-state index is -0.764. The molecule has 1 aromatic heterocycles. The molecule has 10 nitrogen and oxygen atoms in total. The molecule has 1 aliphatic carbocycles. The number of benzene rings is 1. The number of carbonyl (C=O) groups is 2. The van der Waals surface area contributed by atoms with Crippen molar-refractivity contribution in [2.24, 2.45) is 37.0 Å². The van der Waals surface area contributed by atoms with Gasteiger partial charge in [-0.25, -0.2) is 14.4 Å². The number of aliphatic imine (C=N–C) groups is 2. The molecule has 1 saturated carbocycles. The summed E-state index contributed by atoms with van der Waals surface area (Å²) in [6, 6.07) is 8.44. The number of aromatic nitrogens is 1. The van der Waals surface area contributed by atoms with E-state index in [1.807, 2.05) is 17.0 Å². The summed E-state index contributed by atoms with van der Waals surface area (Å²) in [6.45, 7) is 13.9. The molecular formula is C35H46FN7O3. The van der Waals surface area contributed by atoms with Crippen LogP contribution < -0.4 is 10.1 Å². The number of methoxy groups -OCH3 is 1. The van der Waals surface area contributed by atoms with Crippen molar-refractivity contribution in [3.63, 3.8) is 0 Å². The molecule has 2 aromatic rings. The van der Waals surface area contributed by atoms with E-state index in [-0.39, 0.29) is 46.8 Å². The average Bonchev–Trinajstić information content (AvgIpc) is 3.62. The lowest BCUT2D eigenvalue weighted by Crippen LogP contribution is -2.51. The highest BCUT2D eigenvalue weighted by atomic mass is 19.1. The molecule has 0 bridgehead atoms. The number of nitrogens with zero attached hydrogens (tertiary/aromatic N) is 6. The highest BCUT2D eigenvalue weighted by Crippen LogP contribution is 2.50. The van der Waals surface area contributed by atoms with Crippen molar-refractivity contribution in [1.82, 2.24) is 15.2 Å². The molecule has 0 radical (unpaired) electrons. The monoisotopic (exact) mass is 631 g/mol. The normalized spacial score (nSPS) is 22.2. The fourth-order valence-corrected chi connectivity index (χ4v) is 6.72. The molecule has 3 heterocycles. The first kappa shape index (κ1) is 33.3. The first-order valence-corrected chi connectivity index (χ1v) is 16.1. The molecule has 246 valence electrons. The van der Waals surface area contributed by atoms with Gasteiger partial charge in [0.15, 0.2) is 18.3 Å². The van der Waals surface area contributed by atoms with Gasteiger partial charge >= 0.3 is 0 Å². The second kappa shape index (κ2) is 13.0. The Balaban J connectivity index is 1.50. The largest absolute Gasteiger partial charge is 0.479 e. The van der Waals surface area contributed by atoms with E-state index >= 15 is 0 Å². The summed E-state index contributed by atoms with van der Waals surface area (Å²) < 4.78 is 19.9. The van der Waals surface area contributed by atoms with Crippen LogP contribution in [0.25, 0.3) is 0 Å². The predicted octanol–water partition coefficient (Wildman–Crippen LogP) is 6.91. The molecule has 1 aromatic carbocycles. The Morgan fingerprint density at radius 2 is 1.83 bits per heavy atom. The Bertz CT molecular complexity index is 1550. The van der Waals surface area contributed by atoms with E-state index in [0.29, 0.717) is 48.8 Å². The van der Waals surface area contributed by atoms with Crippen molar-refractivity contribution < 1.29 is 18.7 Å². The molecule has 0 saturated heterocycles. The average molecular weight is 632 g/mol. The molecule has 1 atom stereocenters. The molecule has 2 aliphatic heterocycles. The van der Waals surface area contributed by atoms with Crippen LogP contribution in [0, 0.1) is 22.6 Å². The van der Waals surface area contributed by atoms with Crippen molar-refractivity contribution in [2.75, 3.05) is 20.3 Å². The van der Waals surface area contributed by atoms with Gasteiger partial charge in [-0.15, -0.1) is 5.11 Å². The van der Waals surface area contributed by atoms with E-state index in [1.54, 1.807) is 12.1 Å². The standard InChI is InChI=1S/C35H46FN7O3/c1-33(2,3)15-14-27(22-8-10-23(11-9-22)30(44)37-20-28-39-21-40-42-28)43-32(45)29(24-18-26(36)31(46-7)38-19-24)41-35(43)16-12-25(13-17-35)34(4,5)6/h8-11,18-19,25,27H,12-17,20-21H2,1-7H3,(H,37,44)/t25?,27-,35?/m1/s1. The lowest BCUT2D eigenvalue weighted by molar-refractivity contribution is -0.134. The molecule has 2 amide bonds. The van der Waals surface area contributed by atoms with E-state index in [9.17, 15) is 14.0 Å². The van der Waals surface area contributed by atoms with Crippen LogP contribution >= 0.6 is 0 Å². The van der Waals surface area contributed by atoms with Crippen molar-refractivity contribution in [3.05, 3.63) is 59.0 Å². The third kappa shape index (κ3) is 7.18. The topological polar surface area (TPSA) is 121 Å². The smallest absolute Gasteiger partial charge is 0.275 e. The molecule has 1 N–H and O–H groups in total. The number of hydrogen-bond acceptors (Lipinski definition) is 8. The van der Waals surface area contributed by atoms with Gasteiger partial charge in [0.05, 0.1) is 19.7 Å². The summed E-state index contributed by atoms with van der Waals surface area (Å²) in [6.07, 6.45) is 6.30. The Morgan fingerprint density at radius 1 is 1.13 bits per heavy atom. The maximum atomic E-state index is 14.8. The molecule has 46 heavy (non-hydrogen) atoms. The number of ether oxygens (including phenoxy) is 1. The van der Waals surface area contributed by atoms with E-state index < -0.39 is 11.5 Å². The van der Waals surface area contributed by atoms with Crippen molar-refractivity contribution in [1.29, 1.82) is 0 Å². The first-order chi connectivity index (χ1) is 21.7. The second-order valence-electron chi connectivity index (χ2n) is 14.9. The quantitative estimate of drug-likeness (QED) is 0.323. The Kier molecular flexibility index (Phi) is 9.42. The highest BCUT2D eigenvalue weighted by Gasteiger charge is 2.53. The van der Waals surface area contributed by atoms with Crippen molar-refractivity contribution in [3.8, 4) is 5.88 Å². The third-order valence-electron chi connectivity index (χ3n) is 9.42. The van der Waals surface area contributed by atoms with Crippen LogP contribution in [0.15, 0.2) is 56.7 Å². The summed E-state index contributed by atoms with van der Waals surface area (Å²) in [7, 11) is 1.36. The summed E-state index contributed by atoms with van der Waals surface area (Å²) >= 11 is 0. The number of carbonyl (C=O) groups excluding carboxylic acids is 2. The van der Waals surface area contributed by atoms with Gasteiger partial charge in [0.25, 0.3) is 11.8 Å². The van der Waals surface area contributed by atoms with Gasteiger partial charge in [0.2, 0.25) is 5.88 Å². The SMILES string of the molecule is COc1ncc(C2=NC3(CCC(C(C)(C)C)CC3)N([C@H](CCC(C)(C)C)c3ccc(C(=O)NCC4=NCN=N4)cc3)C2=O)cc1F. The van der Waals surface area contributed by atoms with Crippen LogP contribution in [0.2, 0.25) is 0 Å². The van der Waals surface area contributed by atoms with Crippen LogP contribution in [-0.2, 0) is 4.79 Å². The fourth-order valence-electron chi connectivity index (χ4n) is 6.72. The number of nitrogens with one attached hydrogen (secondary N) is 1. The minimum absolute atomic E-state index is 0.0188. The maximum Gasteiger partial charge on any atom is 0.275 e. The van der Waals surface area contributed by atoms with E-state index in [0.717, 1.165) is 24.8 Å². The summed E-state index contributed by atoms with van der Waals surface area (Å²) in [4.78, 5) is 42.9. The molecule has 11 heteroatoms. The lowest BCUT2D eigenvalue weighted by Gasteiger charge is -2.47. The van der Waals surface area contributed by atoms with Crippen LogP contribution in [0.3, 0.4) is 0 Å². The van der Waals surface area contributed by atoms with Crippen LogP contribution in [0.4, 0.5) is 4.39 Å². The van der Waals surface area contributed by atoms with E-state index in [1.165, 1.54) is 19.4 Å². The van der Waals surface area contributed by atoms with Crippen molar-refractivity contribution in [2.45, 2.75) is 91.8 Å². The number of halogens is 1. The van der Waals surface area contributed by atoms with Crippen LogP contribution in [0.1, 0.15) is 108 Å². The molecule has 0 unspecified atom stereocenters. The van der Waals surface area contributed by atoms with E-state index in [2.05, 4.69) is 67.1 Å². The zero-order valence-corrected chi connectivity index (χ0v) is 28.1. The summed E-state index contributed by atoms with van der Waals surface area (Å²) in [5.41, 5.74) is 1.39. The maximum absolute atomic E-state index is 14.8. The lowest BCUT2D eigenvalue weighted by atomic mass is 9.69. The third-order valence-corrected chi connectivity index (χ3v) is 9.42. The summed E-state index contributed by atoms with van der Waals surface area (Å²) in [5, 5.41) is 10.6. The molecule has 3 aliphatic rings. The number of hydrogen-bond donors (Lipinski definition) is 1. The second-order valence-corrected chi connectivity index (χ2v) is 14.9. The molecule has 1 fully saturated rings. The van der Waals surface area contributed by atoms with Gasteiger partial charge < -0.3 is 15.0 Å². The van der Waals surface area contributed by atoms with Gasteiger partial charge in [-0.05, 0) is 79.0 Å². The minimum Gasteiger partial charge on any atom is -0.479 e. The number of azo groups is 1. The summed E-state index contributed by atoms with van der Waals surface area (Å²) in [5.74, 6) is -0.240. The van der Waals surface area contributed by atoms with Crippen molar-refractivity contribution >= 4 is 23.4 Å². The number of rotatable bonds is 9. The zero-order chi connectivity index (χ0) is 33.3. The Hall–Kier alpha value is -4.02. The Morgan fingerprint density at radius 3 is 2.39 bits per heavy atom. The van der Waals surface area contributed by atoms with Crippen LogP contribution in [0.5, 0.6) is 5.88 Å².